The molecule has 0 aliphatic heterocycles. The quantitative estimate of drug-likeness (QED) is 0.343. The number of carbonyl (C=O) groups excluding carboxylic acids is 1. The number of hydrogen-bond acceptors (Lipinski definition) is 5. The summed E-state index contributed by atoms with van der Waals surface area (Å²) in [6, 6.07) is 13.5. The first-order valence-corrected chi connectivity index (χ1v) is 11.8. The number of aryl methyl sites for hydroxylation is 2. The van der Waals surface area contributed by atoms with Gasteiger partial charge in [0, 0.05) is 16.6 Å². The molecule has 3 heterocycles. The molecule has 5 rings (SSSR count). The zero-order valence-electron chi connectivity index (χ0n) is 18.2. The van der Waals surface area contributed by atoms with Gasteiger partial charge in [-0.3, -0.25) is 4.79 Å². The van der Waals surface area contributed by atoms with E-state index in [4.69, 9.17) is 4.42 Å². The summed E-state index contributed by atoms with van der Waals surface area (Å²) in [6.45, 7) is 2.02. The average molecular weight is 462 g/mol. The first kappa shape index (κ1) is 21.4. The van der Waals surface area contributed by atoms with Crippen molar-refractivity contribution >= 4 is 28.1 Å². The molecular weight excluding hydrogens is 437 g/mol. The number of pyridine rings is 1. The van der Waals surface area contributed by atoms with E-state index in [1.165, 1.54) is 28.8 Å². The maximum absolute atomic E-state index is 13.8. The Morgan fingerprint density at radius 2 is 1.97 bits per heavy atom. The molecule has 1 amide bonds. The van der Waals surface area contributed by atoms with E-state index in [1.807, 2.05) is 19.1 Å². The highest BCUT2D eigenvalue weighted by molar-refractivity contribution is 7.16. The lowest BCUT2D eigenvalue weighted by atomic mass is 9.89. The fourth-order valence-electron chi connectivity index (χ4n) is 4.30. The summed E-state index contributed by atoms with van der Waals surface area (Å²) in [5.74, 6) is 0.415. The molecule has 1 aliphatic carbocycles. The number of aromatic nitrogens is 1. The van der Waals surface area contributed by atoms with Gasteiger partial charge in [-0.15, -0.1) is 11.3 Å². The van der Waals surface area contributed by atoms with Crippen LogP contribution in [0.4, 0.5) is 15.2 Å². The molecule has 4 aromatic rings. The highest BCUT2D eigenvalue weighted by Gasteiger charge is 2.29. The molecule has 168 valence electrons. The number of benzene rings is 1. The highest BCUT2D eigenvalue weighted by Crippen LogP contribution is 2.44. The Labute approximate surface area is 195 Å². The molecule has 2 N–H and O–H groups in total. The smallest absolute Gasteiger partial charge is 0.291 e. The Balaban J connectivity index is 1.61. The molecule has 1 aliphatic rings. The number of hydrogen-bond donors (Lipinski definition) is 2. The highest BCUT2D eigenvalue weighted by atomic mass is 32.1. The third kappa shape index (κ3) is 4.54. The molecule has 0 fully saturated rings. The minimum atomic E-state index is -0.301. The number of carbonyl (C=O) groups is 1. The van der Waals surface area contributed by atoms with Gasteiger partial charge in [-0.05, 0) is 85.7 Å². The van der Waals surface area contributed by atoms with Gasteiger partial charge in [-0.25, -0.2) is 9.37 Å². The van der Waals surface area contributed by atoms with E-state index in [0.717, 1.165) is 53.2 Å². The van der Waals surface area contributed by atoms with Crippen LogP contribution in [0.1, 0.15) is 56.6 Å². The fraction of sp³-hybridized carbons (Fsp3) is 0.231. The molecule has 0 spiro atoms. The predicted octanol–water partition coefficient (Wildman–Crippen LogP) is 6.52. The van der Waals surface area contributed by atoms with Gasteiger partial charge in [-0.1, -0.05) is 12.1 Å². The zero-order chi connectivity index (χ0) is 22.8. The third-order valence-corrected chi connectivity index (χ3v) is 7.11. The van der Waals surface area contributed by atoms with Crippen LogP contribution in [-0.2, 0) is 12.8 Å². The van der Waals surface area contributed by atoms with E-state index in [9.17, 15) is 9.18 Å². The zero-order valence-corrected chi connectivity index (χ0v) is 19.0. The summed E-state index contributed by atoms with van der Waals surface area (Å²) in [4.78, 5) is 18.6. The first-order chi connectivity index (χ1) is 16.1. The lowest BCUT2D eigenvalue weighted by molar-refractivity contribution is 0.0997. The first-order valence-electron chi connectivity index (χ1n) is 11.0. The molecule has 5 nitrogen and oxygen atoms in total. The SMILES string of the molecule is Cc1ccnc(NC(c2ccc(F)cc2)c2c(NC(=O)c3ccco3)sc3c2CCCC3)c1. The van der Waals surface area contributed by atoms with Gasteiger partial charge in [0.15, 0.2) is 5.76 Å². The second-order valence-corrected chi connectivity index (χ2v) is 9.34. The number of fused-ring (bicyclic) bond motifs is 1. The molecule has 0 saturated carbocycles. The van der Waals surface area contributed by atoms with Crippen molar-refractivity contribution in [2.75, 3.05) is 10.6 Å². The number of anilines is 2. The largest absolute Gasteiger partial charge is 0.459 e. The summed E-state index contributed by atoms with van der Waals surface area (Å²) < 4.78 is 19.1. The van der Waals surface area contributed by atoms with Crippen molar-refractivity contribution in [2.24, 2.45) is 0 Å². The number of rotatable bonds is 6. The van der Waals surface area contributed by atoms with Gasteiger partial charge in [0.2, 0.25) is 0 Å². The van der Waals surface area contributed by atoms with Gasteiger partial charge in [0.05, 0.1) is 12.3 Å². The molecular formula is C26H24FN3O2S. The van der Waals surface area contributed by atoms with Crippen LogP contribution in [0.5, 0.6) is 0 Å². The molecule has 1 unspecified atom stereocenters. The van der Waals surface area contributed by atoms with E-state index >= 15 is 0 Å². The van der Waals surface area contributed by atoms with Crippen molar-refractivity contribution in [1.82, 2.24) is 4.98 Å². The molecule has 0 saturated heterocycles. The number of nitrogens with zero attached hydrogens (tertiary/aromatic N) is 1. The van der Waals surface area contributed by atoms with E-state index < -0.39 is 0 Å². The molecule has 1 atom stereocenters. The van der Waals surface area contributed by atoms with E-state index in [0.29, 0.717) is 0 Å². The Kier molecular flexibility index (Phi) is 5.96. The predicted molar refractivity (Wildman–Crippen MR) is 128 cm³/mol. The lowest BCUT2D eigenvalue weighted by Gasteiger charge is -2.24. The van der Waals surface area contributed by atoms with Gasteiger partial charge < -0.3 is 15.1 Å². The van der Waals surface area contributed by atoms with Gasteiger partial charge in [0.25, 0.3) is 5.91 Å². The second-order valence-electron chi connectivity index (χ2n) is 8.23. The summed E-state index contributed by atoms with van der Waals surface area (Å²) in [7, 11) is 0. The maximum atomic E-state index is 13.8. The Bertz CT molecular complexity index is 1270. The summed E-state index contributed by atoms with van der Waals surface area (Å²) in [6.07, 6.45) is 7.41. The normalized spacial score (nSPS) is 13.9. The molecule has 0 bridgehead atoms. The monoisotopic (exact) mass is 461 g/mol. The second kappa shape index (κ2) is 9.19. The molecule has 1 aromatic carbocycles. The van der Waals surface area contributed by atoms with Crippen LogP contribution < -0.4 is 10.6 Å². The van der Waals surface area contributed by atoms with Crippen LogP contribution in [0.15, 0.2) is 65.4 Å². The third-order valence-electron chi connectivity index (χ3n) is 5.88. The van der Waals surface area contributed by atoms with Crippen LogP contribution in [0.25, 0.3) is 0 Å². The summed E-state index contributed by atoms with van der Waals surface area (Å²) in [5.41, 5.74) is 4.27. The Hall–Kier alpha value is -3.45. The van der Waals surface area contributed by atoms with Crippen molar-refractivity contribution in [3.8, 4) is 0 Å². The van der Waals surface area contributed by atoms with Gasteiger partial charge >= 0.3 is 0 Å². The van der Waals surface area contributed by atoms with E-state index in [2.05, 4.69) is 15.6 Å². The summed E-state index contributed by atoms with van der Waals surface area (Å²) in [5, 5.41) is 7.42. The number of furan rings is 1. The molecule has 0 radical (unpaired) electrons. The molecule has 3 aromatic heterocycles. The van der Waals surface area contributed by atoms with Crippen LogP contribution in [0.3, 0.4) is 0 Å². The lowest BCUT2D eigenvalue weighted by Crippen LogP contribution is -2.19. The van der Waals surface area contributed by atoms with E-state index in [-0.39, 0.29) is 23.5 Å². The minimum absolute atomic E-state index is 0.263. The topological polar surface area (TPSA) is 67.2 Å². The van der Waals surface area contributed by atoms with Crippen molar-refractivity contribution in [1.29, 1.82) is 0 Å². The van der Waals surface area contributed by atoms with Crippen LogP contribution >= 0.6 is 11.3 Å². The fourth-order valence-corrected chi connectivity index (χ4v) is 5.62. The number of nitrogens with one attached hydrogen (secondary N) is 2. The average Bonchev–Trinajstić information content (AvgIpc) is 3.47. The Morgan fingerprint density at radius 1 is 1.15 bits per heavy atom. The standard InChI is InChI=1S/C26H24FN3O2S/c1-16-12-13-28-22(15-16)29-24(17-8-10-18(27)11-9-17)23-19-5-2-3-7-21(19)33-26(23)30-25(31)20-6-4-14-32-20/h4,6,8-15,24H,2-3,5,7H2,1H3,(H,28,29)(H,30,31). The summed E-state index contributed by atoms with van der Waals surface area (Å²) >= 11 is 1.62. The van der Waals surface area contributed by atoms with Crippen molar-refractivity contribution in [2.45, 2.75) is 38.6 Å². The van der Waals surface area contributed by atoms with Crippen LogP contribution in [0, 0.1) is 12.7 Å². The molecule has 33 heavy (non-hydrogen) atoms. The van der Waals surface area contributed by atoms with Crippen molar-refractivity contribution < 1.29 is 13.6 Å². The van der Waals surface area contributed by atoms with Crippen molar-refractivity contribution in [3.63, 3.8) is 0 Å². The Morgan fingerprint density at radius 3 is 2.73 bits per heavy atom. The minimum Gasteiger partial charge on any atom is -0.459 e. The van der Waals surface area contributed by atoms with E-state index in [1.54, 1.807) is 41.8 Å². The molecule has 7 heteroatoms. The number of amides is 1. The van der Waals surface area contributed by atoms with Gasteiger partial charge in [-0.2, -0.15) is 0 Å². The maximum Gasteiger partial charge on any atom is 0.291 e. The number of halogens is 1. The van der Waals surface area contributed by atoms with Crippen LogP contribution in [0.2, 0.25) is 0 Å². The number of thiophene rings is 1. The van der Waals surface area contributed by atoms with Crippen LogP contribution in [-0.4, -0.2) is 10.9 Å². The van der Waals surface area contributed by atoms with Crippen molar-refractivity contribution in [3.05, 3.63) is 99.7 Å². The van der Waals surface area contributed by atoms with Gasteiger partial charge in [0.1, 0.15) is 16.6 Å².